The minimum Gasteiger partial charge on any atom is -0.197 e. The van der Waals surface area contributed by atoms with E-state index in [4.69, 9.17) is 16.9 Å². The molecule has 2 heteroatoms. The van der Waals surface area contributed by atoms with Crippen LogP contribution in [0.1, 0.15) is 23.1 Å². The summed E-state index contributed by atoms with van der Waals surface area (Å²) in [6, 6.07) is 5.75. The normalized spacial score (nSPS) is 8.71. The molecule has 0 heterocycles. The Labute approximate surface area is 89.3 Å². The van der Waals surface area contributed by atoms with Crippen molar-refractivity contribution in [3.8, 4) is 17.9 Å². The van der Waals surface area contributed by atoms with Crippen LogP contribution < -0.4 is 0 Å². The average molecular weight is 204 g/mol. The van der Waals surface area contributed by atoms with E-state index in [2.05, 4.69) is 11.8 Å². The first-order chi connectivity index (χ1) is 6.65. The van der Waals surface area contributed by atoms with E-state index in [1.807, 2.05) is 32.0 Å². The lowest BCUT2D eigenvalue weighted by molar-refractivity contribution is 1.34. The molecule has 1 rings (SSSR count). The average Bonchev–Trinajstić information content (AvgIpc) is 2.09. The number of aryl methyl sites for hydroxylation is 2. The third-order valence-corrected chi connectivity index (χ3v) is 2.10. The smallest absolute Gasteiger partial charge is 0.0966 e. The van der Waals surface area contributed by atoms with Crippen molar-refractivity contribution in [2.45, 2.75) is 20.3 Å². The Morgan fingerprint density at radius 2 is 1.86 bits per heavy atom. The molecular formula is C12H10ClN. The molecule has 0 bridgehead atoms. The second-order valence-electron chi connectivity index (χ2n) is 3.05. The Morgan fingerprint density at radius 3 is 2.36 bits per heavy atom. The fourth-order valence-corrected chi connectivity index (χ4v) is 1.61. The van der Waals surface area contributed by atoms with Gasteiger partial charge in [0.05, 0.1) is 12.5 Å². The van der Waals surface area contributed by atoms with Crippen LogP contribution in [-0.4, -0.2) is 0 Å². The summed E-state index contributed by atoms with van der Waals surface area (Å²) in [5.41, 5.74) is 3.09. The fraction of sp³-hybridized carbons (Fsp3) is 0.250. The van der Waals surface area contributed by atoms with Gasteiger partial charge in [0, 0.05) is 10.6 Å². The van der Waals surface area contributed by atoms with Crippen molar-refractivity contribution in [1.29, 1.82) is 5.26 Å². The van der Waals surface area contributed by atoms with Gasteiger partial charge < -0.3 is 0 Å². The zero-order chi connectivity index (χ0) is 10.6. The third kappa shape index (κ3) is 2.52. The van der Waals surface area contributed by atoms with Crippen molar-refractivity contribution in [1.82, 2.24) is 0 Å². The summed E-state index contributed by atoms with van der Waals surface area (Å²) >= 11 is 5.88. The molecule has 0 aliphatic heterocycles. The van der Waals surface area contributed by atoms with Crippen LogP contribution in [0, 0.1) is 37.0 Å². The summed E-state index contributed by atoms with van der Waals surface area (Å²) in [5.74, 6) is 5.78. The molecule has 0 atom stereocenters. The van der Waals surface area contributed by atoms with Crippen LogP contribution in [0.2, 0.25) is 5.02 Å². The van der Waals surface area contributed by atoms with Crippen LogP contribution in [0.25, 0.3) is 0 Å². The van der Waals surface area contributed by atoms with E-state index in [1.165, 1.54) is 0 Å². The van der Waals surface area contributed by atoms with E-state index >= 15 is 0 Å². The molecule has 0 fully saturated rings. The van der Waals surface area contributed by atoms with Crippen LogP contribution in [0.3, 0.4) is 0 Å². The van der Waals surface area contributed by atoms with Gasteiger partial charge in [-0.15, -0.1) is 0 Å². The SMILES string of the molecule is Cc1cc(Cl)cc(C)c1C#CCC#N. The maximum Gasteiger partial charge on any atom is 0.0966 e. The molecule has 0 amide bonds. The topological polar surface area (TPSA) is 23.8 Å². The number of benzene rings is 1. The Morgan fingerprint density at radius 1 is 1.29 bits per heavy atom. The maximum absolute atomic E-state index is 8.35. The molecule has 1 aromatic rings. The second-order valence-corrected chi connectivity index (χ2v) is 3.49. The quantitative estimate of drug-likeness (QED) is 0.594. The first-order valence-corrected chi connectivity index (χ1v) is 4.65. The molecule has 0 saturated carbocycles. The summed E-state index contributed by atoms with van der Waals surface area (Å²) in [7, 11) is 0. The van der Waals surface area contributed by atoms with Crippen molar-refractivity contribution in [3.63, 3.8) is 0 Å². The van der Waals surface area contributed by atoms with E-state index in [1.54, 1.807) is 0 Å². The van der Waals surface area contributed by atoms with E-state index < -0.39 is 0 Å². The highest BCUT2D eigenvalue weighted by Gasteiger charge is 2.00. The van der Waals surface area contributed by atoms with E-state index in [-0.39, 0.29) is 6.42 Å². The fourth-order valence-electron chi connectivity index (χ4n) is 1.28. The van der Waals surface area contributed by atoms with Gasteiger partial charge in [0.2, 0.25) is 0 Å². The Balaban J connectivity index is 3.12. The highest BCUT2D eigenvalue weighted by molar-refractivity contribution is 6.30. The first-order valence-electron chi connectivity index (χ1n) is 4.27. The van der Waals surface area contributed by atoms with Gasteiger partial charge in [-0.05, 0) is 37.1 Å². The standard InChI is InChI=1S/C12H10ClN/c1-9-7-11(13)8-10(2)12(9)5-3-4-6-14/h7-8H,4H2,1-2H3. The number of hydrogen-bond donors (Lipinski definition) is 0. The molecule has 0 N–H and O–H groups in total. The van der Waals surface area contributed by atoms with Crippen molar-refractivity contribution < 1.29 is 0 Å². The highest BCUT2D eigenvalue weighted by Crippen LogP contribution is 2.18. The van der Waals surface area contributed by atoms with Crippen LogP contribution in [0.5, 0.6) is 0 Å². The molecule has 1 nitrogen and oxygen atoms in total. The van der Waals surface area contributed by atoms with Gasteiger partial charge in [-0.2, -0.15) is 5.26 Å². The van der Waals surface area contributed by atoms with Gasteiger partial charge in [-0.25, -0.2) is 0 Å². The van der Waals surface area contributed by atoms with Crippen molar-refractivity contribution in [2.75, 3.05) is 0 Å². The molecule has 0 aromatic heterocycles. The number of nitrogens with zero attached hydrogens (tertiary/aromatic N) is 1. The monoisotopic (exact) mass is 203 g/mol. The molecule has 14 heavy (non-hydrogen) atoms. The molecule has 1 aromatic carbocycles. The van der Waals surface area contributed by atoms with Crippen LogP contribution in [0.4, 0.5) is 0 Å². The van der Waals surface area contributed by atoms with Crippen molar-refractivity contribution >= 4 is 11.6 Å². The number of rotatable bonds is 0. The van der Waals surface area contributed by atoms with Gasteiger partial charge in [0.15, 0.2) is 0 Å². The minimum atomic E-state index is 0.265. The van der Waals surface area contributed by atoms with Gasteiger partial charge in [-0.3, -0.25) is 0 Å². The van der Waals surface area contributed by atoms with Crippen LogP contribution in [0.15, 0.2) is 12.1 Å². The lowest BCUT2D eigenvalue weighted by Gasteiger charge is -2.03. The molecular weight excluding hydrogens is 194 g/mol. The number of halogens is 1. The van der Waals surface area contributed by atoms with Crippen molar-refractivity contribution in [2.24, 2.45) is 0 Å². The highest BCUT2D eigenvalue weighted by atomic mass is 35.5. The number of hydrogen-bond acceptors (Lipinski definition) is 1. The van der Waals surface area contributed by atoms with E-state index in [0.717, 1.165) is 21.7 Å². The molecule has 70 valence electrons. The lowest BCUT2D eigenvalue weighted by Crippen LogP contribution is -1.87. The van der Waals surface area contributed by atoms with Crippen LogP contribution in [-0.2, 0) is 0 Å². The molecule has 0 unspecified atom stereocenters. The van der Waals surface area contributed by atoms with E-state index in [0.29, 0.717) is 0 Å². The summed E-state index contributed by atoms with van der Waals surface area (Å²) in [6.45, 7) is 3.94. The summed E-state index contributed by atoms with van der Waals surface area (Å²) in [6.07, 6.45) is 0.265. The Hall–Kier alpha value is -1.44. The van der Waals surface area contributed by atoms with Gasteiger partial charge in [0.25, 0.3) is 0 Å². The molecule has 0 spiro atoms. The van der Waals surface area contributed by atoms with Crippen LogP contribution >= 0.6 is 11.6 Å². The predicted molar refractivity (Wildman–Crippen MR) is 58.0 cm³/mol. The summed E-state index contributed by atoms with van der Waals surface area (Å²) < 4.78 is 0. The lowest BCUT2D eigenvalue weighted by atomic mass is 10.0. The number of nitriles is 1. The zero-order valence-electron chi connectivity index (χ0n) is 8.19. The Bertz CT molecular complexity index is 421. The second kappa shape index (κ2) is 4.70. The molecule has 0 aliphatic carbocycles. The molecule has 0 saturated heterocycles. The molecule has 0 aliphatic rings. The van der Waals surface area contributed by atoms with E-state index in [9.17, 15) is 0 Å². The van der Waals surface area contributed by atoms with Gasteiger partial charge in [0.1, 0.15) is 0 Å². The molecule has 0 radical (unpaired) electrons. The van der Waals surface area contributed by atoms with Gasteiger partial charge in [-0.1, -0.05) is 23.4 Å². The third-order valence-electron chi connectivity index (χ3n) is 1.88. The first kappa shape index (κ1) is 10.6. The predicted octanol–water partition coefficient (Wildman–Crippen LogP) is 3.22. The maximum atomic E-state index is 8.35. The van der Waals surface area contributed by atoms with Crippen molar-refractivity contribution in [3.05, 3.63) is 33.8 Å². The minimum absolute atomic E-state index is 0.265. The summed E-state index contributed by atoms with van der Waals surface area (Å²) in [5, 5.41) is 9.08. The Kier molecular flexibility index (Phi) is 3.57. The zero-order valence-corrected chi connectivity index (χ0v) is 8.94. The summed E-state index contributed by atoms with van der Waals surface area (Å²) in [4.78, 5) is 0. The van der Waals surface area contributed by atoms with Gasteiger partial charge >= 0.3 is 0 Å². The largest absolute Gasteiger partial charge is 0.197 e.